The fraction of sp³-hybridized carbons (Fsp3) is 0.444. The van der Waals surface area contributed by atoms with Crippen LogP contribution >= 0.6 is 0 Å². The Bertz CT molecular complexity index is 306. The number of esters is 2. The van der Waals surface area contributed by atoms with Crippen LogP contribution in [0.4, 0.5) is 0 Å². The summed E-state index contributed by atoms with van der Waals surface area (Å²) in [5, 5.41) is 0. The standard InChI is InChI=1S/C9H13NO5/c1-10(2)5-6(8(12)14-3)7(11)9(13)15-4/h5H,1-4H3. The zero-order valence-electron chi connectivity index (χ0n) is 9.07. The molecule has 0 saturated heterocycles. The van der Waals surface area contributed by atoms with Crippen LogP contribution in [0.15, 0.2) is 11.8 Å². The Morgan fingerprint density at radius 2 is 1.47 bits per heavy atom. The quantitative estimate of drug-likeness (QED) is 0.204. The maximum Gasteiger partial charge on any atom is 0.379 e. The Balaban J connectivity index is 5.04. The predicted octanol–water partition coefficient (Wildman–Crippen LogP) is -0.653. The second-order valence-corrected chi connectivity index (χ2v) is 2.82. The lowest BCUT2D eigenvalue weighted by molar-refractivity contribution is -0.152. The molecule has 0 aliphatic heterocycles. The van der Waals surface area contributed by atoms with E-state index in [4.69, 9.17) is 0 Å². The van der Waals surface area contributed by atoms with Gasteiger partial charge in [-0.3, -0.25) is 4.79 Å². The van der Waals surface area contributed by atoms with Crippen LogP contribution in [-0.2, 0) is 23.9 Å². The number of hydrogen-bond acceptors (Lipinski definition) is 6. The van der Waals surface area contributed by atoms with E-state index in [1.807, 2.05) is 0 Å². The normalized spacial score (nSPS) is 10.5. The summed E-state index contributed by atoms with van der Waals surface area (Å²) in [5.74, 6) is -3.01. The molecule has 0 atom stereocenters. The average molecular weight is 215 g/mol. The van der Waals surface area contributed by atoms with Gasteiger partial charge in [0, 0.05) is 20.3 Å². The summed E-state index contributed by atoms with van der Waals surface area (Å²) in [6.45, 7) is 0. The van der Waals surface area contributed by atoms with Gasteiger partial charge in [-0.05, 0) is 0 Å². The van der Waals surface area contributed by atoms with Crippen LogP contribution in [0, 0.1) is 0 Å². The van der Waals surface area contributed by atoms with Gasteiger partial charge >= 0.3 is 11.9 Å². The number of ether oxygens (including phenoxy) is 2. The monoisotopic (exact) mass is 215 g/mol. The molecule has 0 fully saturated rings. The zero-order valence-corrected chi connectivity index (χ0v) is 9.07. The fourth-order valence-electron chi connectivity index (χ4n) is 0.775. The summed E-state index contributed by atoms with van der Waals surface area (Å²) in [6.07, 6.45) is 1.20. The van der Waals surface area contributed by atoms with Gasteiger partial charge in [-0.1, -0.05) is 0 Å². The van der Waals surface area contributed by atoms with Gasteiger partial charge in [-0.25, -0.2) is 9.59 Å². The third-order valence-corrected chi connectivity index (χ3v) is 1.41. The number of rotatable bonds is 4. The molecule has 0 amide bonds. The van der Waals surface area contributed by atoms with Crippen molar-refractivity contribution in [1.29, 1.82) is 0 Å². The lowest BCUT2D eigenvalue weighted by Crippen LogP contribution is -2.25. The van der Waals surface area contributed by atoms with E-state index in [2.05, 4.69) is 9.47 Å². The van der Waals surface area contributed by atoms with Crippen LogP contribution in [0.3, 0.4) is 0 Å². The molecule has 0 N–H and O–H groups in total. The predicted molar refractivity (Wildman–Crippen MR) is 50.8 cm³/mol. The first-order chi connectivity index (χ1) is 6.93. The summed E-state index contributed by atoms with van der Waals surface area (Å²) in [4.78, 5) is 34.9. The highest BCUT2D eigenvalue weighted by Gasteiger charge is 2.26. The molecule has 6 heteroatoms. The summed E-state index contributed by atoms with van der Waals surface area (Å²) < 4.78 is 8.58. The summed E-state index contributed by atoms with van der Waals surface area (Å²) in [5.41, 5.74) is -0.366. The SMILES string of the molecule is COC(=O)C(=O)C(=CN(C)C)C(=O)OC. The van der Waals surface area contributed by atoms with Crippen molar-refractivity contribution in [3.05, 3.63) is 11.8 Å². The van der Waals surface area contributed by atoms with E-state index in [0.29, 0.717) is 0 Å². The molecule has 0 heterocycles. The van der Waals surface area contributed by atoms with Crippen molar-refractivity contribution < 1.29 is 23.9 Å². The molecule has 0 aromatic rings. The van der Waals surface area contributed by atoms with Crippen LogP contribution in [0.5, 0.6) is 0 Å². The van der Waals surface area contributed by atoms with E-state index in [9.17, 15) is 14.4 Å². The van der Waals surface area contributed by atoms with E-state index in [-0.39, 0.29) is 5.57 Å². The number of carbonyl (C=O) groups is 3. The number of carbonyl (C=O) groups excluding carboxylic acids is 3. The molecular formula is C9H13NO5. The van der Waals surface area contributed by atoms with Crippen LogP contribution in [0.1, 0.15) is 0 Å². The molecule has 0 aliphatic carbocycles. The summed E-state index contributed by atoms with van der Waals surface area (Å²) >= 11 is 0. The van der Waals surface area contributed by atoms with Gasteiger partial charge in [0.25, 0.3) is 5.78 Å². The third kappa shape index (κ3) is 3.80. The van der Waals surface area contributed by atoms with Gasteiger partial charge < -0.3 is 14.4 Å². The molecule has 84 valence electrons. The third-order valence-electron chi connectivity index (χ3n) is 1.41. The van der Waals surface area contributed by atoms with Crippen LogP contribution in [-0.4, -0.2) is 50.9 Å². The molecular weight excluding hydrogens is 202 g/mol. The minimum absolute atomic E-state index is 0.366. The highest BCUT2D eigenvalue weighted by Crippen LogP contribution is 2.02. The van der Waals surface area contributed by atoms with Gasteiger partial charge in [-0.15, -0.1) is 0 Å². The van der Waals surface area contributed by atoms with Crippen LogP contribution in [0.2, 0.25) is 0 Å². The van der Waals surface area contributed by atoms with Crippen LogP contribution < -0.4 is 0 Å². The van der Waals surface area contributed by atoms with Crippen molar-refractivity contribution in [2.45, 2.75) is 0 Å². The molecule has 0 aromatic heterocycles. The first-order valence-corrected chi connectivity index (χ1v) is 4.03. The zero-order chi connectivity index (χ0) is 12.0. The Morgan fingerprint density at radius 1 is 1.00 bits per heavy atom. The Morgan fingerprint density at radius 3 is 1.80 bits per heavy atom. The molecule has 0 radical (unpaired) electrons. The Kier molecular flexibility index (Phi) is 5.08. The minimum atomic E-state index is -1.10. The second kappa shape index (κ2) is 5.79. The second-order valence-electron chi connectivity index (χ2n) is 2.82. The molecule has 0 aromatic carbocycles. The number of ketones is 1. The number of hydrogen-bond donors (Lipinski definition) is 0. The first-order valence-electron chi connectivity index (χ1n) is 4.03. The number of nitrogens with zero attached hydrogens (tertiary/aromatic N) is 1. The van der Waals surface area contributed by atoms with Crippen molar-refractivity contribution in [2.24, 2.45) is 0 Å². The number of methoxy groups -OCH3 is 2. The molecule has 0 unspecified atom stereocenters. The molecule has 0 rings (SSSR count). The largest absolute Gasteiger partial charge is 0.465 e. The van der Waals surface area contributed by atoms with E-state index in [1.54, 1.807) is 14.1 Å². The highest BCUT2D eigenvalue weighted by molar-refractivity contribution is 6.46. The Labute approximate surface area is 87.4 Å². The lowest BCUT2D eigenvalue weighted by Gasteiger charge is -2.08. The molecule has 0 aliphatic rings. The topological polar surface area (TPSA) is 72.9 Å². The Hall–Kier alpha value is -1.85. The van der Waals surface area contributed by atoms with E-state index < -0.39 is 17.7 Å². The summed E-state index contributed by atoms with van der Waals surface area (Å²) in [6, 6.07) is 0. The smallest absolute Gasteiger partial charge is 0.379 e. The van der Waals surface area contributed by atoms with Gasteiger partial charge in [0.2, 0.25) is 0 Å². The van der Waals surface area contributed by atoms with Gasteiger partial charge in [0.1, 0.15) is 5.57 Å². The van der Waals surface area contributed by atoms with Crippen LogP contribution in [0.25, 0.3) is 0 Å². The highest BCUT2D eigenvalue weighted by atomic mass is 16.5. The van der Waals surface area contributed by atoms with Gasteiger partial charge in [0.15, 0.2) is 0 Å². The summed E-state index contributed by atoms with van der Waals surface area (Å²) in [7, 11) is 5.39. The van der Waals surface area contributed by atoms with Gasteiger partial charge in [0.05, 0.1) is 14.2 Å². The maximum atomic E-state index is 11.3. The van der Waals surface area contributed by atoms with E-state index in [1.165, 1.54) is 11.1 Å². The van der Waals surface area contributed by atoms with Crippen molar-refractivity contribution in [1.82, 2.24) is 4.90 Å². The average Bonchev–Trinajstić information content (AvgIpc) is 2.22. The van der Waals surface area contributed by atoms with Crippen molar-refractivity contribution in [3.8, 4) is 0 Å². The first kappa shape index (κ1) is 13.2. The van der Waals surface area contributed by atoms with Gasteiger partial charge in [-0.2, -0.15) is 0 Å². The maximum absolute atomic E-state index is 11.3. The van der Waals surface area contributed by atoms with Crippen molar-refractivity contribution >= 4 is 17.7 Å². The molecule has 0 spiro atoms. The molecule has 6 nitrogen and oxygen atoms in total. The van der Waals surface area contributed by atoms with Crippen molar-refractivity contribution in [3.63, 3.8) is 0 Å². The molecule has 0 bridgehead atoms. The van der Waals surface area contributed by atoms with E-state index >= 15 is 0 Å². The van der Waals surface area contributed by atoms with Crippen molar-refractivity contribution in [2.75, 3.05) is 28.3 Å². The van der Waals surface area contributed by atoms with E-state index in [0.717, 1.165) is 14.2 Å². The number of Topliss-reactive ketones (excluding diaryl/α,β-unsaturated/α-hetero) is 1. The molecule has 15 heavy (non-hydrogen) atoms. The lowest BCUT2D eigenvalue weighted by atomic mass is 10.2. The minimum Gasteiger partial charge on any atom is -0.465 e. The molecule has 0 saturated carbocycles. The fourth-order valence-corrected chi connectivity index (χ4v) is 0.775.